The van der Waals surface area contributed by atoms with Crippen LogP contribution >= 0.6 is 0 Å². The fraction of sp³-hybridized carbons (Fsp3) is 0.786. The molecule has 0 aromatic heterocycles. The molecule has 1 aromatic carbocycles. The molecule has 258 valence electrons. The minimum absolute atomic E-state index is 0.103. The normalized spacial score (nSPS) is 12.5. The highest BCUT2D eigenvalue weighted by Crippen LogP contribution is 2.22. The number of unbranched alkanes of at least 4 members (excludes halogenated alkanes) is 5. The molecule has 0 saturated heterocycles. The number of nitrogens with one attached hydrogen (secondary N) is 1. The Kier molecular flexibility index (Phi) is 21.9. The average molecular weight is 680 g/mol. The fourth-order valence-electron chi connectivity index (χ4n) is 3.67. The van der Waals surface area contributed by atoms with Crippen LogP contribution in [0.1, 0.15) is 57.4 Å². The smallest absolute Gasteiger partial charge is 0.491 e. The van der Waals surface area contributed by atoms with Crippen molar-refractivity contribution in [3.63, 3.8) is 0 Å². The van der Waals surface area contributed by atoms with Gasteiger partial charge in [0.15, 0.2) is 0 Å². The number of hydrogen-bond donors (Lipinski definition) is 1. The monoisotopic (exact) mass is 679 g/mol. The molecule has 44 heavy (non-hydrogen) atoms. The fourth-order valence-corrected chi connectivity index (χ4v) is 6.22. The first-order chi connectivity index (χ1) is 21.0. The van der Waals surface area contributed by atoms with Crippen molar-refractivity contribution < 1.29 is 58.4 Å². The molecule has 0 aliphatic carbocycles. The number of rotatable bonds is 29. The van der Waals surface area contributed by atoms with E-state index in [-0.39, 0.29) is 26.2 Å². The summed E-state index contributed by atoms with van der Waals surface area (Å²) in [4.78, 5) is 0. The van der Waals surface area contributed by atoms with E-state index < -0.39 is 31.3 Å². The Morgan fingerprint density at radius 3 is 1.57 bits per heavy atom. The summed E-state index contributed by atoms with van der Waals surface area (Å²) >= 11 is 0. The zero-order valence-electron chi connectivity index (χ0n) is 25.5. The van der Waals surface area contributed by atoms with E-state index in [1.54, 1.807) is 0 Å². The van der Waals surface area contributed by atoms with E-state index in [1.807, 2.05) is 12.1 Å². The predicted molar refractivity (Wildman–Crippen MR) is 160 cm³/mol. The number of benzene rings is 1. The number of alkyl halides is 3. The van der Waals surface area contributed by atoms with Crippen molar-refractivity contribution in [3.8, 4) is 5.75 Å². The van der Waals surface area contributed by atoms with Gasteiger partial charge in [-0.1, -0.05) is 51.2 Å². The van der Waals surface area contributed by atoms with Gasteiger partial charge in [0.2, 0.25) is 10.0 Å². The van der Waals surface area contributed by atoms with Gasteiger partial charge in [-0.2, -0.15) is 13.2 Å². The van der Waals surface area contributed by atoms with Crippen molar-refractivity contribution >= 4 is 20.0 Å². The first kappa shape index (κ1) is 40.5. The summed E-state index contributed by atoms with van der Waals surface area (Å²) in [5.41, 5.74) is -4.38. The van der Waals surface area contributed by atoms with Crippen LogP contribution in [0.25, 0.3) is 0 Å². The molecule has 1 N–H and O–H groups in total. The van der Waals surface area contributed by atoms with E-state index in [0.717, 1.165) is 12.2 Å². The molecule has 0 aliphatic rings. The van der Waals surface area contributed by atoms with Crippen LogP contribution in [-0.4, -0.2) is 101 Å². The molecule has 1 aromatic rings. The summed E-state index contributed by atoms with van der Waals surface area (Å²) in [6.45, 7) is 5.63. The third-order valence-electron chi connectivity index (χ3n) is 5.97. The largest absolute Gasteiger partial charge is 0.512 e. The van der Waals surface area contributed by atoms with Crippen LogP contribution in [0.15, 0.2) is 24.3 Å². The molecular weight excluding hydrogens is 631 g/mol. The summed E-state index contributed by atoms with van der Waals surface area (Å²) in [5.74, 6) is -0.00766. The van der Waals surface area contributed by atoms with Gasteiger partial charge >= 0.3 is 15.5 Å². The number of aryl methyl sites for hydroxylation is 1. The SMILES string of the molecule is CCCCCCCCc1ccc(OCCOCCOCCOCCOCCOCCCS(=O)(=O)NS(=O)(=O)C(F)(F)F)cc1. The lowest BCUT2D eigenvalue weighted by Gasteiger charge is -2.10. The van der Waals surface area contributed by atoms with Crippen molar-refractivity contribution in [2.75, 3.05) is 78.4 Å². The van der Waals surface area contributed by atoms with Crippen molar-refractivity contribution in [3.05, 3.63) is 29.8 Å². The topological polar surface area (TPSA) is 136 Å². The van der Waals surface area contributed by atoms with Crippen LogP contribution in [-0.2, 0) is 50.2 Å². The van der Waals surface area contributed by atoms with Crippen LogP contribution in [0.3, 0.4) is 0 Å². The molecule has 0 saturated carbocycles. The molecular formula is C28H48F3NO10S2. The molecule has 16 heteroatoms. The van der Waals surface area contributed by atoms with Crippen molar-refractivity contribution in [2.24, 2.45) is 0 Å². The van der Waals surface area contributed by atoms with Gasteiger partial charge in [-0.05, 0) is 37.0 Å². The number of hydrogen-bond acceptors (Lipinski definition) is 10. The Morgan fingerprint density at radius 2 is 1.07 bits per heavy atom. The van der Waals surface area contributed by atoms with Crippen molar-refractivity contribution in [1.29, 1.82) is 0 Å². The van der Waals surface area contributed by atoms with Crippen LogP contribution in [0, 0.1) is 0 Å². The number of halogens is 3. The third-order valence-corrected chi connectivity index (χ3v) is 9.30. The van der Waals surface area contributed by atoms with E-state index in [4.69, 9.17) is 28.4 Å². The zero-order chi connectivity index (χ0) is 32.6. The van der Waals surface area contributed by atoms with E-state index in [9.17, 15) is 30.0 Å². The molecule has 0 radical (unpaired) electrons. The average Bonchev–Trinajstić information content (AvgIpc) is 2.95. The predicted octanol–water partition coefficient (Wildman–Crippen LogP) is 4.21. The van der Waals surface area contributed by atoms with Crippen LogP contribution in [0.2, 0.25) is 0 Å². The molecule has 0 bridgehead atoms. The second kappa shape index (κ2) is 23.8. The van der Waals surface area contributed by atoms with E-state index in [2.05, 4.69) is 19.1 Å². The van der Waals surface area contributed by atoms with E-state index in [1.165, 1.54) is 44.1 Å². The van der Waals surface area contributed by atoms with Gasteiger partial charge in [0, 0.05) is 6.61 Å². The highest BCUT2D eigenvalue weighted by atomic mass is 32.3. The number of ether oxygens (including phenoxy) is 6. The summed E-state index contributed by atoms with van der Waals surface area (Å²) in [6, 6.07) is 8.24. The molecule has 0 unspecified atom stereocenters. The maximum atomic E-state index is 12.2. The van der Waals surface area contributed by atoms with Gasteiger partial charge in [0.05, 0.1) is 65.2 Å². The lowest BCUT2D eigenvalue weighted by atomic mass is 10.0. The maximum absolute atomic E-state index is 12.2. The quantitative estimate of drug-likeness (QED) is 0.123. The van der Waals surface area contributed by atoms with Gasteiger partial charge in [-0.25, -0.2) is 16.8 Å². The molecule has 11 nitrogen and oxygen atoms in total. The van der Waals surface area contributed by atoms with Crippen LogP contribution < -0.4 is 8.86 Å². The van der Waals surface area contributed by atoms with Gasteiger partial charge in [-0.3, -0.25) is 0 Å². The minimum atomic E-state index is -5.97. The molecule has 0 amide bonds. The van der Waals surface area contributed by atoms with Crippen LogP contribution in [0.4, 0.5) is 13.2 Å². The second-order valence-electron chi connectivity index (χ2n) is 9.78. The Morgan fingerprint density at radius 1 is 0.614 bits per heavy atom. The highest BCUT2D eigenvalue weighted by molar-refractivity contribution is 8.05. The Hall–Kier alpha value is -1.53. The highest BCUT2D eigenvalue weighted by Gasteiger charge is 2.48. The maximum Gasteiger partial charge on any atom is 0.512 e. The Balaban J connectivity index is 1.86. The lowest BCUT2D eigenvalue weighted by molar-refractivity contribution is -0.0441. The third kappa shape index (κ3) is 21.2. The Bertz CT molecular complexity index is 1060. The van der Waals surface area contributed by atoms with Gasteiger partial charge in [-0.15, -0.1) is 4.13 Å². The van der Waals surface area contributed by atoms with Crippen LogP contribution in [0.5, 0.6) is 5.75 Å². The first-order valence-electron chi connectivity index (χ1n) is 14.9. The zero-order valence-corrected chi connectivity index (χ0v) is 27.1. The van der Waals surface area contributed by atoms with Gasteiger partial charge in [0.1, 0.15) is 12.4 Å². The standard InChI is InChI=1S/C28H48F3NO10S2/c1-2-3-4-5-6-7-9-26-10-12-27(13-11-26)42-24-23-41-22-21-40-20-19-39-18-17-38-16-15-37-14-8-25-43(33,34)32-44(35,36)28(29,30)31/h10-13,32H,2-9,14-25H2,1H3. The molecule has 0 aliphatic heterocycles. The molecule has 0 spiro atoms. The van der Waals surface area contributed by atoms with E-state index >= 15 is 0 Å². The molecule has 0 fully saturated rings. The van der Waals surface area contributed by atoms with Gasteiger partial charge in [0.25, 0.3) is 0 Å². The second-order valence-corrected chi connectivity index (χ2v) is 13.6. The van der Waals surface area contributed by atoms with E-state index in [0.29, 0.717) is 57.0 Å². The van der Waals surface area contributed by atoms with Gasteiger partial charge < -0.3 is 28.4 Å². The lowest BCUT2D eigenvalue weighted by Crippen LogP contribution is -2.41. The van der Waals surface area contributed by atoms with Crippen molar-refractivity contribution in [1.82, 2.24) is 4.13 Å². The molecule has 0 atom stereocenters. The number of sulfonamides is 2. The summed E-state index contributed by atoms with van der Waals surface area (Å²) < 4.78 is 114. The molecule has 1 rings (SSSR count). The molecule has 0 heterocycles. The van der Waals surface area contributed by atoms with Crippen molar-refractivity contribution in [2.45, 2.75) is 63.8 Å². The minimum Gasteiger partial charge on any atom is -0.491 e. The summed E-state index contributed by atoms with van der Waals surface area (Å²) in [7, 11) is -10.6. The summed E-state index contributed by atoms with van der Waals surface area (Å²) in [5, 5.41) is 0. The Labute approximate surface area is 260 Å². The summed E-state index contributed by atoms with van der Waals surface area (Å²) in [6.07, 6.45) is 8.67. The first-order valence-corrected chi connectivity index (χ1v) is 18.0.